The fourth-order valence-corrected chi connectivity index (χ4v) is 5.45. The van der Waals surface area contributed by atoms with Crippen LogP contribution in [0.5, 0.6) is 0 Å². The van der Waals surface area contributed by atoms with Gasteiger partial charge in [-0.05, 0) is 61.9 Å². The zero-order valence-electron chi connectivity index (χ0n) is 18.8. The van der Waals surface area contributed by atoms with Crippen LogP contribution in [0.15, 0.2) is 54.6 Å². The van der Waals surface area contributed by atoms with E-state index in [1.807, 2.05) is 47.1 Å². The molecule has 2 aliphatic heterocycles. The second-order valence-electron chi connectivity index (χ2n) is 9.23. The van der Waals surface area contributed by atoms with E-state index >= 15 is 0 Å². The minimum absolute atomic E-state index is 0.0262. The van der Waals surface area contributed by atoms with Gasteiger partial charge in [0.1, 0.15) is 5.82 Å². The predicted octanol–water partition coefficient (Wildman–Crippen LogP) is 4.38. The number of benzene rings is 2. The van der Waals surface area contributed by atoms with Crippen LogP contribution in [-0.2, 0) is 11.2 Å². The number of halogens is 1. The topological polar surface area (TPSA) is 53.5 Å². The zero-order chi connectivity index (χ0) is 22.9. The second-order valence-corrected chi connectivity index (χ2v) is 9.23. The van der Waals surface area contributed by atoms with Crippen LogP contribution in [0.4, 0.5) is 4.39 Å². The lowest BCUT2D eigenvalue weighted by Gasteiger charge is -2.47. The number of amides is 2. The average Bonchev–Trinajstić information content (AvgIpc) is 2.82. The molecule has 2 atom stereocenters. The molecule has 3 heterocycles. The lowest BCUT2D eigenvalue weighted by Crippen LogP contribution is -2.56. The van der Waals surface area contributed by atoms with Crippen molar-refractivity contribution in [1.29, 1.82) is 0 Å². The van der Waals surface area contributed by atoms with Crippen LogP contribution in [0, 0.1) is 18.7 Å². The van der Waals surface area contributed by atoms with Gasteiger partial charge in [0.05, 0.1) is 17.5 Å². The Morgan fingerprint density at radius 1 is 1.06 bits per heavy atom. The molecule has 0 spiro atoms. The number of likely N-dealkylation sites (tertiary alicyclic amines) is 2. The number of para-hydroxylation sites is 1. The number of hydrogen-bond acceptors (Lipinski definition) is 3. The lowest BCUT2D eigenvalue weighted by molar-refractivity contribution is -0.133. The van der Waals surface area contributed by atoms with Gasteiger partial charge < -0.3 is 9.80 Å². The summed E-state index contributed by atoms with van der Waals surface area (Å²) in [6.45, 7) is 3.94. The maximum absolute atomic E-state index is 13.7. The molecule has 2 saturated heterocycles. The van der Waals surface area contributed by atoms with Gasteiger partial charge in [-0.25, -0.2) is 4.39 Å². The van der Waals surface area contributed by atoms with Gasteiger partial charge in [-0.3, -0.25) is 14.6 Å². The first-order chi connectivity index (χ1) is 16.0. The molecule has 0 bridgehead atoms. The standard InChI is InChI=1S/C27H28FN3O2/c1-18-14-23(22-9-2-3-10-24(22)29-18)27(33)31-12-5-7-20-17-30(13-11-25(20)31)26(32)16-19-6-4-8-21(28)15-19/h2-4,6,8-10,14-15,20,25H,5,7,11-13,16-17H2,1H3/t20-,25+/m1/s1. The van der Waals surface area contributed by atoms with Gasteiger partial charge in [0.2, 0.25) is 5.91 Å². The third-order valence-corrected chi connectivity index (χ3v) is 7.00. The Balaban J connectivity index is 1.32. The number of carbonyl (C=O) groups excluding carboxylic acids is 2. The predicted molar refractivity (Wildman–Crippen MR) is 125 cm³/mol. The van der Waals surface area contributed by atoms with E-state index in [0.717, 1.165) is 42.4 Å². The van der Waals surface area contributed by atoms with Crippen molar-refractivity contribution >= 4 is 22.7 Å². The third kappa shape index (κ3) is 4.34. The van der Waals surface area contributed by atoms with Gasteiger partial charge in [0.25, 0.3) is 5.91 Å². The van der Waals surface area contributed by atoms with Crippen LogP contribution in [0.1, 0.15) is 40.9 Å². The summed E-state index contributed by atoms with van der Waals surface area (Å²) in [6.07, 6.45) is 2.92. The van der Waals surface area contributed by atoms with Crippen molar-refractivity contribution in [2.75, 3.05) is 19.6 Å². The summed E-state index contributed by atoms with van der Waals surface area (Å²) < 4.78 is 13.5. The van der Waals surface area contributed by atoms with Crippen LogP contribution in [0.25, 0.3) is 10.9 Å². The Bertz CT molecular complexity index is 1210. The Morgan fingerprint density at radius 2 is 1.91 bits per heavy atom. The van der Waals surface area contributed by atoms with Crippen molar-refractivity contribution < 1.29 is 14.0 Å². The molecule has 0 unspecified atom stereocenters. The van der Waals surface area contributed by atoms with Gasteiger partial charge >= 0.3 is 0 Å². The molecule has 0 N–H and O–H groups in total. The summed E-state index contributed by atoms with van der Waals surface area (Å²) in [5.41, 5.74) is 3.08. The van der Waals surface area contributed by atoms with E-state index in [9.17, 15) is 14.0 Å². The molecule has 0 saturated carbocycles. The molecule has 5 nitrogen and oxygen atoms in total. The van der Waals surface area contributed by atoms with Crippen LogP contribution in [0.2, 0.25) is 0 Å². The first kappa shape index (κ1) is 21.6. The molecule has 3 aromatic rings. The highest BCUT2D eigenvalue weighted by molar-refractivity contribution is 6.06. The van der Waals surface area contributed by atoms with Crippen LogP contribution in [-0.4, -0.2) is 52.3 Å². The molecule has 0 radical (unpaired) electrons. The molecule has 2 fully saturated rings. The molecular weight excluding hydrogens is 417 g/mol. The molecule has 2 aromatic carbocycles. The highest BCUT2D eigenvalue weighted by Crippen LogP contribution is 2.33. The smallest absolute Gasteiger partial charge is 0.254 e. The van der Waals surface area contributed by atoms with Crippen molar-refractivity contribution in [3.05, 3.63) is 77.2 Å². The summed E-state index contributed by atoms with van der Waals surface area (Å²) in [4.78, 5) is 35.1. The van der Waals surface area contributed by atoms with E-state index < -0.39 is 0 Å². The fraction of sp³-hybridized carbons (Fsp3) is 0.370. The van der Waals surface area contributed by atoms with E-state index in [1.54, 1.807) is 12.1 Å². The lowest BCUT2D eigenvalue weighted by atomic mass is 9.83. The number of rotatable bonds is 3. The van der Waals surface area contributed by atoms with E-state index in [4.69, 9.17) is 0 Å². The Hall–Kier alpha value is -3.28. The molecule has 0 aliphatic carbocycles. The van der Waals surface area contributed by atoms with Crippen LogP contribution < -0.4 is 0 Å². The van der Waals surface area contributed by atoms with E-state index in [-0.39, 0.29) is 36.0 Å². The van der Waals surface area contributed by atoms with E-state index in [1.165, 1.54) is 12.1 Å². The Kier molecular flexibility index (Phi) is 5.83. The third-order valence-electron chi connectivity index (χ3n) is 7.00. The minimum atomic E-state index is -0.320. The van der Waals surface area contributed by atoms with Crippen molar-refractivity contribution in [3.8, 4) is 0 Å². The minimum Gasteiger partial charge on any atom is -0.342 e. The summed E-state index contributed by atoms with van der Waals surface area (Å²) in [5, 5.41) is 0.887. The van der Waals surface area contributed by atoms with Crippen molar-refractivity contribution in [3.63, 3.8) is 0 Å². The highest BCUT2D eigenvalue weighted by atomic mass is 19.1. The number of fused-ring (bicyclic) bond motifs is 2. The fourth-order valence-electron chi connectivity index (χ4n) is 5.45. The van der Waals surface area contributed by atoms with Crippen LogP contribution in [0.3, 0.4) is 0 Å². The van der Waals surface area contributed by atoms with Crippen molar-refractivity contribution in [2.24, 2.45) is 5.92 Å². The van der Waals surface area contributed by atoms with E-state index in [0.29, 0.717) is 24.2 Å². The summed E-state index contributed by atoms with van der Waals surface area (Å²) in [7, 11) is 0. The van der Waals surface area contributed by atoms with Crippen molar-refractivity contribution in [1.82, 2.24) is 14.8 Å². The summed E-state index contributed by atoms with van der Waals surface area (Å²) in [5.74, 6) is 0.0330. The molecule has 170 valence electrons. The summed E-state index contributed by atoms with van der Waals surface area (Å²) in [6, 6.07) is 16.1. The average molecular weight is 446 g/mol. The first-order valence-corrected chi connectivity index (χ1v) is 11.7. The van der Waals surface area contributed by atoms with Crippen LogP contribution >= 0.6 is 0 Å². The highest BCUT2D eigenvalue weighted by Gasteiger charge is 2.39. The van der Waals surface area contributed by atoms with Crippen molar-refractivity contribution in [2.45, 2.75) is 38.6 Å². The quantitative estimate of drug-likeness (QED) is 0.601. The number of aryl methyl sites for hydroxylation is 1. The Labute approximate surface area is 193 Å². The molecule has 1 aromatic heterocycles. The Morgan fingerprint density at radius 3 is 2.76 bits per heavy atom. The molecule has 2 amide bonds. The maximum Gasteiger partial charge on any atom is 0.254 e. The number of piperidine rings is 2. The molecule has 33 heavy (non-hydrogen) atoms. The normalized spacial score (nSPS) is 20.5. The SMILES string of the molecule is Cc1cc(C(=O)N2CCC[C@@H]3CN(C(=O)Cc4cccc(F)c4)CC[C@@H]32)c2ccccc2n1. The number of nitrogens with zero attached hydrogens (tertiary/aromatic N) is 3. The summed E-state index contributed by atoms with van der Waals surface area (Å²) >= 11 is 0. The number of hydrogen-bond donors (Lipinski definition) is 0. The van der Waals surface area contributed by atoms with Gasteiger partial charge in [-0.15, -0.1) is 0 Å². The largest absolute Gasteiger partial charge is 0.342 e. The molecular formula is C27H28FN3O2. The maximum atomic E-state index is 13.7. The molecule has 5 rings (SSSR count). The van der Waals surface area contributed by atoms with Gasteiger partial charge in [0.15, 0.2) is 0 Å². The monoisotopic (exact) mass is 445 g/mol. The van der Waals surface area contributed by atoms with Gasteiger partial charge in [-0.1, -0.05) is 30.3 Å². The second kappa shape index (κ2) is 8.93. The number of aromatic nitrogens is 1. The number of pyridine rings is 1. The van der Waals surface area contributed by atoms with Gasteiger partial charge in [-0.2, -0.15) is 0 Å². The van der Waals surface area contributed by atoms with Gasteiger partial charge in [0, 0.05) is 36.8 Å². The number of carbonyl (C=O) groups is 2. The molecule has 2 aliphatic rings. The first-order valence-electron chi connectivity index (χ1n) is 11.7. The molecule has 6 heteroatoms. The van der Waals surface area contributed by atoms with E-state index in [2.05, 4.69) is 4.98 Å². The zero-order valence-corrected chi connectivity index (χ0v) is 18.8.